The predicted molar refractivity (Wildman–Crippen MR) is 77.7 cm³/mol. The van der Waals surface area contributed by atoms with E-state index in [-0.39, 0.29) is 16.8 Å². The number of rotatable bonds is 2. The number of nitrogens with zero attached hydrogens (tertiary/aromatic N) is 2. The first-order valence-electron chi connectivity index (χ1n) is 6.43. The summed E-state index contributed by atoms with van der Waals surface area (Å²) in [4.78, 5) is 13.3. The summed E-state index contributed by atoms with van der Waals surface area (Å²) < 4.78 is 20.7. The molecule has 0 N–H and O–H groups in total. The van der Waals surface area contributed by atoms with E-state index in [1.165, 1.54) is 0 Å². The highest BCUT2D eigenvalue weighted by Gasteiger charge is 2.34. The van der Waals surface area contributed by atoms with Gasteiger partial charge in [-0.1, -0.05) is 4.40 Å². The van der Waals surface area contributed by atoms with Crippen molar-refractivity contribution in [3.8, 4) is 0 Å². The lowest BCUT2D eigenvalue weighted by Crippen LogP contribution is -2.52. The zero-order valence-electron chi connectivity index (χ0n) is 12.6. The maximum atomic E-state index is 11.7. The van der Waals surface area contributed by atoms with Crippen molar-refractivity contribution in [2.75, 3.05) is 13.1 Å². The highest BCUT2D eigenvalue weighted by molar-refractivity contribution is 7.91. The molecule has 0 bridgehead atoms. The molecule has 0 unspecified atom stereocenters. The molecule has 1 heterocycles. The summed E-state index contributed by atoms with van der Waals surface area (Å²) in [5.74, 6) is 0.179. The summed E-state index contributed by atoms with van der Waals surface area (Å²) in [6.45, 7) is 12.3. The van der Waals surface area contributed by atoms with Crippen molar-refractivity contribution in [2.24, 2.45) is 10.3 Å². The topological polar surface area (TPSA) is 65.0 Å². The molecule has 1 fully saturated rings. The molecular formula is C13H24N2O3S. The molecule has 0 saturated carbocycles. The van der Waals surface area contributed by atoms with E-state index in [4.69, 9.17) is 4.74 Å². The second-order valence-corrected chi connectivity index (χ2v) is 8.70. The summed E-state index contributed by atoms with van der Waals surface area (Å²) in [6.07, 6.45) is 1.40. The highest BCUT2D eigenvalue weighted by atomic mass is 32.2. The number of amides is 1. The highest BCUT2D eigenvalue weighted by Crippen LogP contribution is 2.20. The van der Waals surface area contributed by atoms with E-state index < -0.39 is 17.0 Å². The van der Waals surface area contributed by atoms with Gasteiger partial charge in [0, 0.05) is 19.0 Å². The van der Waals surface area contributed by atoms with Gasteiger partial charge in [-0.05, 0) is 41.5 Å². The molecule has 5 nitrogen and oxygen atoms in total. The fraction of sp³-hybridized carbons (Fsp3) is 0.846. The Morgan fingerprint density at radius 3 is 2.26 bits per heavy atom. The Morgan fingerprint density at radius 1 is 1.32 bits per heavy atom. The van der Waals surface area contributed by atoms with Gasteiger partial charge >= 0.3 is 6.09 Å². The Kier molecular flexibility index (Phi) is 4.90. The van der Waals surface area contributed by atoms with Crippen molar-refractivity contribution < 1.29 is 14.1 Å². The van der Waals surface area contributed by atoms with Gasteiger partial charge in [0.1, 0.15) is 21.7 Å². The van der Waals surface area contributed by atoms with Crippen molar-refractivity contribution in [2.45, 2.75) is 51.9 Å². The largest absolute Gasteiger partial charge is 0.591 e. The second-order valence-electron chi connectivity index (χ2n) is 6.76. The van der Waals surface area contributed by atoms with E-state index in [0.717, 1.165) is 0 Å². The van der Waals surface area contributed by atoms with E-state index in [1.807, 2.05) is 41.5 Å². The molecule has 1 atom stereocenters. The lowest BCUT2D eigenvalue weighted by molar-refractivity contribution is 0.00739. The van der Waals surface area contributed by atoms with Gasteiger partial charge in [-0.15, -0.1) is 0 Å². The van der Waals surface area contributed by atoms with Gasteiger partial charge in [-0.2, -0.15) is 0 Å². The van der Waals surface area contributed by atoms with Crippen LogP contribution in [0.2, 0.25) is 0 Å². The molecular weight excluding hydrogens is 264 g/mol. The molecule has 110 valence electrons. The Bertz CT molecular complexity index is 352. The number of carbonyl (C=O) groups is 1. The van der Waals surface area contributed by atoms with Crippen LogP contribution in [0, 0.1) is 5.92 Å². The standard InChI is InChI=1S/C13H24N2O3S/c1-12(2,3)18-11(16)15-8-10(9-15)7-14-19(17)13(4,5)6/h7,10H,8-9H2,1-6H3/t19-/m1/s1. The number of likely N-dealkylation sites (tertiary alicyclic amines) is 1. The first kappa shape index (κ1) is 16.3. The van der Waals surface area contributed by atoms with E-state index >= 15 is 0 Å². The lowest BCUT2D eigenvalue weighted by atomic mass is 10.0. The molecule has 0 aromatic heterocycles. The number of hydrogen-bond donors (Lipinski definition) is 0. The van der Waals surface area contributed by atoms with Crippen molar-refractivity contribution in [1.29, 1.82) is 0 Å². The molecule has 19 heavy (non-hydrogen) atoms. The average molecular weight is 288 g/mol. The Morgan fingerprint density at radius 2 is 1.84 bits per heavy atom. The first-order chi connectivity index (χ1) is 8.49. The molecule has 0 aromatic carbocycles. The van der Waals surface area contributed by atoms with Gasteiger partial charge in [0.15, 0.2) is 0 Å². The molecule has 0 radical (unpaired) electrons. The van der Waals surface area contributed by atoms with Crippen molar-refractivity contribution >= 4 is 23.7 Å². The Hall–Kier alpha value is -0.750. The Labute approximate surface area is 118 Å². The van der Waals surface area contributed by atoms with E-state index in [0.29, 0.717) is 13.1 Å². The molecule has 0 aromatic rings. The molecule has 6 heteroatoms. The molecule has 0 aliphatic carbocycles. The average Bonchev–Trinajstić information content (AvgIpc) is 2.09. The third-order valence-corrected chi connectivity index (χ3v) is 3.81. The second kappa shape index (κ2) is 5.71. The normalized spacial score (nSPS) is 19.4. The molecule has 1 rings (SSSR count). The minimum absolute atomic E-state index is 0.179. The molecule has 1 saturated heterocycles. The molecule has 0 spiro atoms. The third-order valence-electron chi connectivity index (χ3n) is 2.45. The van der Waals surface area contributed by atoms with Gasteiger partial charge in [0.05, 0.1) is 6.21 Å². The third kappa shape index (κ3) is 5.40. The van der Waals surface area contributed by atoms with Gasteiger partial charge in [-0.3, -0.25) is 0 Å². The quantitative estimate of drug-likeness (QED) is 0.579. The first-order valence-corrected chi connectivity index (χ1v) is 7.54. The van der Waals surface area contributed by atoms with Crippen molar-refractivity contribution in [3.05, 3.63) is 0 Å². The van der Waals surface area contributed by atoms with Crippen LogP contribution in [0.3, 0.4) is 0 Å². The lowest BCUT2D eigenvalue weighted by Gasteiger charge is -2.37. The number of ether oxygens (including phenoxy) is 1. The fourth-order valence-corrected chi connectivity index (χ4v) is 1.98. The molecule has 1 amide bonds. The van der Waals surface area contributed by atoms with Gasteiger partial charge < -0.3 is 14.2 Å². The van der Waals surface area contributed by atoms with Crippen molar-refractivity contribution in [3.63, 3.8) is 0 Å². The molecule has 1 aliphatic heterocycles. The summed E-state index contributed by atoms with van der Waals surface area (Å²) in [5, 5.41) is 0. The summed E-state index contributed by atoms with van der Waals surface area (Å²) in [7, 11) is 0. The van der Waals surface area contributed by atoms with Crippen LogP contribution >= 0.6 is 0 Å². The van der Waals surface area contributed by atoms with Crippen molar-refractivity contribution in [1.82, 2.24) is 4.90 Å². The summed E-state index contributed by atoms with van der Waals surface area (Å²) in [5.41, 5.74) is -0.468. The monoisotopic (exact) mass is 288 g/mol. The summed E-state index contributed by atoms with van der Waals surface area (Å²) >= 11 is -1.23. The van der Waals surface area contributed by atoms with Gasteiger partial charge in [0.2, 0.25) is 0 Å². The van der Waals surface area contributed by atoms with Gasteiger partial charge in [-0.25, -0.2) is 4.79 Å². The van der Waals surface area contributed by atoms with Crippen LogP contribution in [-0.2, 0) is 16.1 Å². The maximum Gasteiger partial charge on any atom is 0.410 e. The molecule has 1 aliphatic rings. The zero-order valence-corrected chi connectivity index (χ0v) is 13.4. The van der Waals surface area contributed by atoms with Gasteiger partial charge in [0.25, 0.3) is 0 Å². The summed E-state index contributed by atoms with van der Waals surface area (Å²) in [6, 6.07) is 0. The SMILES string of the molecule is CC(C)(C)OC(=O)N1CC(C=N[S@+]([O-])C(C)(C)C)C1. The minimum atomic E-state index is -1.23. The fourth-order valence-electron chi connectivity index (χ4n) is 1.38. The zero-order chi connectivity index (χ0) is 14.8. The maximum absolute atomic E-state index is 11.7. The van der Waals surface area contributed by atoms with Crippen LogP contribution in [-0.4, -0.2) is 45.2 Å². The van der Waals surface area contributed by atoms with Crippen LogP contribution in [0.15, 0.2) is 4.40 Å². The number of carbonyl (C=O) groups excluding carboxylic acids is 1. The van der Waals surface area contributed by atoms with E-state index in [2.05, 4.69) is 4.40 Å². The van der Waals surface area contributed by atoms with Crippen LogP contribution in [0.1, 0.15) is 41.5 Å². The smallest absolute Gasteiger partial charge is 0.410 e. The van der Waals surface area contributed by atoms with Crippen LogP contribution < -0.4 is 0 Å². The number of hydrogen-bond acceptors (Lipinski definition) is 4. The van der Waals surface area contributed by atoms with Crippen LogP contribution in [0.4, 0.5) is 4.79 Å². The van der Waals surface area contributed by atoms with Crippen LogP contribution in [0.5, 0.6) is 0 Å². The minimum Gasteiger partial charge on any atom is -0.591 e. The van der Waals surface area contributed by atoms with Crippen LogP contribution in [0.25, 0.3) is 0 Å². The predicted octanol–water partition coefficient (Wildman–Crippen LogP) is 2.39. The van der Waals surface area contributed by atoms with E-state index in [1.54, 1.807) is 11.1 Å². The van der Waals surface area contributed by atoms with E-state index in [9.17, 15) is 9.35 Å². The Balaban J connectivity index is 2.35.